The third-order valence-corrected chi connectivity index (χ3v) is 7.74. The van der Waals surface area contributed by atoms with Crippen molar-refractivity contribution in [1.82, 2.24) is 0 Å². The van der Waals surface area contributed by atoms with E-state index in [1.54, 1.807) is 0 Å². The summed E-state index contributed by atoms with van der Waals surface area (Å²) in [5.41, 5.74) is 3.11. The van der Waals surface area contributed by atoms with E-state index in [1.165, 1.54) is 27.4 Å². The quantitative estimate of drug-likeness (QED) is 0.297. The molecular weight excluding hydrogens is 436 g/mol. The van der Waals surface area contributed by atoms with E-state index in [1.807, 2.05) is 0 Å². The van der Waals surface area contributed by atoms with Crippen molar-refractivity contribution in [2.45, 2.75) is 24.9 Å². The smallest absolute Gasteiger partial charge is 0.155 e. The van der Waals surface area contributed by atoms with Crippen LogP contribution in [0.2, 0.25) is 0 Å². The zero-order valence-corrected chi connectivity index (χ0v) is 18.9. The molecule has 0 saturated heterocycles. The van der Waals surface area contributed by atoms with Gasteiger partial charge in [0.2, 0.25) is 0 Å². The van der Waals surface area contributed by atoms with Gasteiger partial charge in [0.25, 0.3) is 0 Å². The standard InChI is InChI=1S/C26H23BrN2O/c1-25(2)21-14-16(27)12-13-22(21)29(3)26(25)15-30-24-20-11-7-5-9-18(20)17-8-4-6-10-19(17)23(24)28-26/h4-14,28H,15H2,1-3H3. The van der Waals surface area contributed by atoms with Gasteiger partial charge in [-0.3, -0.25) is 0 Å². The van der Waals surface area contributed by atoms with Crippen LogP contribution in [-0.2, 0) is 5.41 Å². The average Bonchev–Trinajstić information content (AvgIpc) is 2.92. The van der Waals surface area contributed by atoms with E-state index in [4.69, 9.17) is 4.74 Å². The number of rotatable bonds is 0. The third kappa shape index (κ3) is 2.10. The molecule has 3 nitrogen and oxygen atoms in total. The molecule has 2 heterocycles. The summed E-state index contributed by atoms with van der Waals surface area (Å²) in [6.07, 6.45) is 0. The van der Waals surface area contributed by atoms with Gasteiger partial charge in [0, 0.05) is 33.4 Å². The molecule has 1 atom stereocenters. The van der Waals surface area contributed by atoms with Gasteiger partial charge in [0.05, 0.1) is 5.69 Å². The molecule has 1 N–H and O–H groups in total. The first kappa shape index (κ1) is 18.1. The zero-order valence-electron chi connectivity index (χ0n) is 17.3. The first-order valence-electron chi connectivity index (χ1n) is 10.3. The monoisotopic (exact) mass is 458 g/mol. The maximum Gasteiger partial charge on any atom is 0.155 e. The fraction of sp³-hybridized carbons (Fsp3) is 0.231. The van der Waals surface area contributed by atoms with Crippen LogP contribution in [0.5, 0.6) is 5.75 Å². The second kappa shape index (κ2) is 5.92. The summed E-state index contributed by atoms with van der Waals surface area (Å²) < 4.78 is 7.74. The number of likely N-dealkylation sites (N-methyl/N-ethyl adjacent to an activating group) is 1. The number of hydrogen-bond acceptors (Lipinski definition) is 3. The van der Waals surface area contributed by atoms with Crippen LogP contribution in [0.25, 0.3) is 21.5 Å². The molecule has 0 bridgehead atoms. The van der Waals surface area contributed by atoms with Crippen molar-refractivity contribution in [3.63, 3.8) is 0 Å². The molecule has 0 aliphatic carbocycles. The number of anilines is 2. The maximum atomic E-state index is 6.63. The Balaban J connectivity index is 1.63. The number of fused-ring (bicyclic) bond motifs is 7. The summed E-state index contributed by atoms with van der Waals surface area (Å²) in [6, 6.07) is 23.7. The lowest BCUT2D eigenvalue weighted by Gasteiger charge is -2.50. The van der Waals surface area contributed by atoms with Gasteiger partial charge in [0.15, 0.2) is 11.4 Å². The predicted molar refractivity (Wildman–Crippen MR) is 129 cm³/mol. The molecule has 30 heavy (non-hydrogen) atoms. The molecule has 4 aromatic rings. The van der Waals surface area contributed by atoms with E-state index in [0.29, 0.717) is 6.61 Å². The summed E-state index contributed by atoms with van der Waals surface area (Å²) in [4.78, 5) is 2.36. The molecule has 0 radical (unpaired) electrons. The van der Waals surface area contributed by atoms with E-state index >= 15 is 0 Å². The molecule has 0 aromatic heterocycles. The molecule has 2 aliphatic rings. The number of nitrogens with one attached hydrogen (secondary N) is 1. The van der Waals surface area contributed by atoms with Gasteiger partial charge in [-0.1, -0.05) is 78.3 Å². The van der Waals surface area contributed by atoms with Crippen LogP contribution in [0.3, 0.4) is 0 Å². The summed E-state index contributed by atoms with van der Waals surface area (Å²) in [6.45, 7) is 5.19. The average molecular weight is 459 g/mol. The van der Waals surface area contributed by atoms with E-state index in [-0.39, 0.29) is 11.1 Å². The maximum absolute atomic E-state index is 6.63. The van der Waals surface area contributed by atoms with Crippen LogP contribution in [0.4, 0.5) is 11.4 Å². The highest BCUT2D eigenvalue weighted by Crippen LogP contribution is 2.56. The molecule has 4 aromatic carbocycles. The first-order chi connectivity index (χ1) is 14.4. The van der Waals surface area contributed by atoms with Gasteiger partial charge in [0.1, 0.15) is 6.61 Å². The number of nitrogens with zero attached hydrogens (tertiary/aromatic N) is 1. The van der Waals surface area contributed by atoms with Crippen molar-refractivity contribution >= 4 is 48.8 Å². The molecular formula is C26H23BrN2O. The number of halogens is 1. The molecule has 1 spiro atoms. The minimum atomic E-state index is -0.381. The third-order valence-electron chi connectivity index (χ3n) is 7.24. The van der Waals surface area contributed by atoms with Crippen molar-refractivity contribution in [2.75, 3.05) is 23.9 Å². The summed E-state index contributed by atoms with van der Waals surface area (Å²) in [5, 5.41) is 8.84. The minimum Gasteiger partial charge on any atom is -0.486 e. The van der Waals surface area contributed by atoms with Crippen LogP contribution in [0.1, 0.15) is 19.4 Å². The predicted octanol–water partition coefficient (Wildman–Crippen LogP) is 6.68. The molecule has 150 valence electrons. The SMILES string of the molecule is CN1c2ccc(Br)cc2C(C)(C)C12COc1c(c3ccccc3c3ccccc13)N2. The van der Waals surface area contributed by atoms with E-state index in [0.717, 1.165) is 21.3 Å². The molecule has 6 rings (SSSR count). The van der Waals surface area contributed by atoms with E-state index in [2.05, 4.69) is 114 Å². The van der Waals surface area contributed by atoms with Crippen LogP contribution < -0.4 is 15.0 Å². The summed E-state index contributed by atoms with van der Waals surface area (Å²) in [5.74, 6) is 0.955. The van der Waals surface area contributed by atoms with Gasteiger partial charge in [-0.25, -0.2) is 0 Å². The highest BCUT2D eigenvalue weighted by Gasteiger charge is 2.58. The summed E-state index contributed by atoms with van der Waals surface area (Å²) >= 11 is 3.66. The number of benzene rings is 4. The van der Waals surface area contributed by atoms with Gasteiger partial charge in [-0.15, -0.1) is 0 Å². The van der Waals surface area contributed by atoms with Crippen molar-refractivity contribution in [3.8, 4) is 5.75 Å². The van der Waals surface area contributed by atoms with E-state index in [9.17, 15) is 0 Å². The van der Waals surface area contributed by atoms with Crippen molar-refractivity contribution in [3.05, 3.63) is 76.8 Å². The van der Waals surface area contributed by atoms with Gasteiger partial charge >= 0.3 is 0 Å². The Kier molecular flexibility index (Phi) is 3.57. The molecule has 2 aliphatic heterocycles. The van der Waals surface area contributed by atoms with Gasteiger partial charge < -0.3 is 15.0 Å². The van der Waals surface area contributed by atoms with E-state index < -0.39 is 0 Å². The minimum absolute atomic E-state index is 0.161. The first-order valence-corrected chi connectivity index (χ1v) is 11.1. The topological polar surface area (TPSA) is 24.5 Å². The molecule has 0 saturated carbocycles. The molecule has 4 heteroatoms. The highest BCUT2D eigenvalue weighted by molar-refractivity contribution is 9.10. The fourth-order valence-electron chi connectivity index (χ4n) is 5.47. The van der Waals surface area contributed by atoms with Gasteiger partial charge in [-0.05, 0) is 34.5 Å². The van der Waals surface area contributed by atoms with Crippen LogP contribution >= 0.6 is 15.9 Å². The second-order valence-electron chi connectivity index (χ2n) is 8.91. The largest absolute Gasteiger partial charge is 0.486 e. The zero-order chi connectivity index (χ0) is 20.7. The Morgan fingerprint density at radius 3 is 2.27 bits per heavy atom. The highest BCUT2D eigenvalue weighted by atomic mass is 79.9. The lowest BCUT2D eigenvalue weighted by atomic mass is 9.75. The molecule has 0 amide bonds. The van der Waals surface area contributed by atoms with Crippen molar-refractivity contribution in [1.29, 1.82) is 0 Å². The van der Waals surface area contributed by atoms with Crippen LogP contribution in [0, 0.1) is 0 Å². The summed E-state index contributed by atoms with van der Waals surface area (Å²) in [7, 11) is 2.17. The lowest BCUT2D eigenvalue weighted by Crippen LogP contribution is -2.65. The lowest BCUT2D eigenvalue weighted by molar-refractivity contribution is 0.167. The Morgan fingerprint density at radius 2 is 1.53 bits per heavy atom. The Labute approximate surface area is 184 Å². The Morgan fingerprint density at radius 1 is 0.900 bits per heavy atom. The second-order valence-corrected chi connectivity index (χ2v) is 9.83. The van der Waals surface area contributed by atoms with Crippen molar-refractivity contribution in [2.24, 2.45) is 0 Å². The van der Waals surface area contributed by atoms with Crippen LogP contribution in [0.15, 0.2) is 71.2 Å². The molecule has 0 fully saturated rings. The van der Waals surface area contributed by atoms with Crippen molar-refractivity contribution < 1.29 is 4.74 Å². The number of hydrogen-bond donors (Lipinski definition) is 1. The van der Waals surface area contributed by atoms with Gasteiger partial charge in [-0.2, -0.15) is 0 Å². The van der Waals surface area contributed by atoms with Crippen LogP contribution in [-0.4, -0.2) is 19.3 Å². The molecule has 1 unspecified atom stereocenters. The Bertz CT molecular complexity index is 1350. The Hall–Kier alpha value is -2.72. The normalized spacial score (nSPS) is 21.4. The fourth-order valence-corrected chi connectivity index (χ4v) is 5.83. The number of ether oxygens (including phenoxy) is 1.